The molecule has 0 saturated heterocycles. The molecule has 0 aromatic heterocycles. The van der Waals surface area contributed by atoms with Crippen LogP contribution in [0.4, 0.5) is 34.1 Å². The monoisotopic (exact) mass is 1900 g/mol. The highest BCUT2D eigenvalue weighted by Crippen LogP contribution is 2.61. The molecule has 0 fully saturated rings. The highest BCUT2D eigenvalue weighted by Gasteiger charge is 2.45. The van der Waals surface area contributed by atoms with Gasteiger partial charge in [0.2, 0.25) is 0 Å². The predicted molar refractivity (Wildman–Crippen MR) is 629 cm³/mol. The Balaban J connectivity index is 0.000000181. The van der Waals surface area contributed by atoms with Crippen molar-refractivity contribution in [1.82, 2.24) is 0 Å². The van der Waals surface area contributed by atoms with Gasteiger partial charge >= 0.3 is 0 Å². The summed E-state index contributed by atoms with van der Waals surface area (Å²) < 4.78 is 0. The van der Waals surface area contributed by atoms with Crippen LogP contribution in [0.5, 0.6) is 0 Å². The Labute approximate surface area is 871 Å². The minimum absolute atomic E-state index is 0. The third-order valence-corrected chi connectivity index (χ3v) is 34.4. The maximum atomic E-state index is 2.52. The average molecular weight is 1900 g/mol. The van der Waals surface area contributed by atoms with Gasteiger partial charge in [-0.2, -0.15) is 0 Å². The molecule has 0 radical (unpaired) electrons. The molecule has 16 aromatic rings. The summed E-state index contributed by atoms with van der Waals surface area (Å²) in [4.78, 5) is 5.03. The predicted octanol–water partition coefficient (Wildman–Crippen LogP) is 40.8. The van der Waals surface area contributed by atoms with Crippen molar-refractivity contribution in [3.63, 3.8) is 0 Å². The van der Waals surface area contributed by atoms with Gasteiger partial charge in [-0.1, -0.05) is 428 Å². The molecule has 0 aliphatic heterocycles. The Morgan fingerprint density at radius 3 is 0.559 bits per heavy atom. The van der Waals surface area contributed by atoms with Crippen molar-refractivity contribution in [1.29, 1.82) is 0 Å². The van der Waals surface area contributed by atoms with Gasteiger partial charge in [0.05, 0.1) is 0 Å². The Bertz CT molecular complexity index is 7690. The summed E-state index contributed by atoms with van der Waals surface area (Å²) in [7, 11) is 0. The fourth-order valence-corrected chi connectivity index (χ4v) is 25.0. The fraction of sp³-hybridized carbons (Fsp3) is 0.329. The minimum Gasteiger partial charge on any atom is -0.310 e. The lowest BCUT2D eigenvalue weighted by atomic mass is 9.78. The molecule has 0 bridgehead atoms. The largest absolute Gasteiger partial charge is 0.310 e. The highest BCUT2D eigenvalue weighted by atomic mass is 15.1. The molecule has 0 atom stereocenters. The van der Waals surface area contributed by atoms with Crippen molar-refractivity contribution in [3.05, 3.63) is 414 Å². The standard InChI is InChI=1S/C71H75N.C70H73N.2CH4/c1-42-18-25-49(26-19-42)72(50-27-33-57-56-32-24-48(68(9,10)11)38-64(56)71(16,17)65(57)41-50)51-39-58(44-20-28-52-54-30-22-46(66(3,4)5)36-62(54)69(12,13)60(52)34-44)43(2)59(40-51)45-21-29-53-55-31-23-47(67(6,7)8)37-63(55)70(14,15)61(53)35-45;1-42-17-24-50(25-18-42)71(51-26-32-58-57-31-23-49(67(8,9)10)40-63(57)70(15,16)64(58)41-51)52-34-45(43-19-27-53-55-29-21-47(65(2,3)4)38-61(55)68(11,12)59(53)36-43)33-46(35-52)44-20-28-54-56-30-22-48(66(5,6)7)39-62(56)69(13,14)60(54)37-44;;/h18-41H,1-17H3;17-41H,1-16H3;2*1H4. The second-order valence-electron chi connectivity index (χ2n) is 52.6. The van der Waals surface area contributed by atoms with Gasteiger partial charge in [0.25, 0.3) is 0 Å². The highest BCUT2D eigenvalue weighted by molar-refractivity contribution is 5.97. The lowest BCUT2D eigenvalue weighted by Crippen LogP contribution is -2.18. The van der Waals surface area contributed by atoms with Gasteiger partial charge in [-0.15, -0.1) is 0 Å². The molecule has 2 heteroatoms. The van der Waals surface area contributed by atoms with Crippen LogP contribution in [0.25, 0.3) is 111 Å². The Morgan fingerprint density at radius 1 is 0.152 bits per heavy atom. The SMILES string of the molecule is C.C.Cc1ccc(N(c2cc(-c3ccc4c(c3)C(C)(C)c3cc(C(C)(C)C)ccc3-4)c(C)c(-c3ccc4c(c3)C(C)(C)c3cc(C(C)(C)C)ccc3-4)c2)c2ccc3c(c2)C(C)(C)c2cc(C(C)(C)C)ccc2-3)cc1.Cc1ccc(N(c2cc(-c3ccc4c(c3)C(C)(C)c3cc(C(C)(C)C)ccc3-4)cc(-c3ccc4c(c3)C(C)(C)c3cc(C(C)(C)C)ccc3-4)c2)c2ccc3c(c2)C(C)(C)c2cc(C(C)(C)C)ccc2-3)cc1. The second kappa shape index (κ2) is 34.1. The van der Waals surface area contributed by atoms with Crippen molar-refractivity contribution in [2.45, 2.75) is 308 Å². The summed E-state index contributed by atoms with van der Waals surface area (Å²) in [5.74, 6) is 0. The molecular formula is C143H156N2. The van der Waals surface area contributed by atoms with E-state index in [2.05, 4.69) is 536 Å². The quantitative estimate of drug-likeness (QED) is 0.135. The molecule has 22 rings (SSSR count). The molecule has 0 heterocycles. The van der Waals surface area contributed by atoms with Crippen molar-refractivity contribution >= 4 is 34.1 Å². The third kappa shape index (κ3) is 16.6. The Hall–Kier alpha value is -12.9. The fourth-order valence-electron chi connectivity index (χ4n) is 25.0. The van der Waals surface area contributed by atoms with Gasteiger partial charge in [0.15, 0.2) is 0 Å². The topological polar surface area (TPSA) is 6.48 Å². The van der Waals surface area contributed by atoms with Gasteiger partial charge in [0.1, 0.15) is 0 Å². The summed E-state index contributed by atoms with van der Waals surface area (Å²) in [6.45, 7) is 77.5. The lowest BCUT2D eigenvalue weighted by molar-refractivity contribution is 0.584. The minimum atomic E-state index is -0.171. The van der Waals surface area contributed by atoms with Crippen LogP contribution in [-0.4, -0.2) is 0 Å². The van der Waals surface area contributed by atoms with E-state index in [1.54, 1.807) is 0 Å². The van der Waals surface area contributed by atoms with Crippen LogP contribution >= 0.6 is 0 Å². The number of fused-ring (bicyclic) bond motifs is 18. The molecule has 0 spiro atoms. The zero-order chi connectivity index (χ0) is 102. The van der Waals surface area contributed by atoms with E-state index in [1.165, 1.54) is 228 Å². The van der Waals surface area contributed by atoms with Crippen LogP contribution in [0.1, 0.15) is 339 Å². The van der Waals surface area contributed by atoms with Crippen molar-refractivity contribution in [2.75, 3.05) is 9.80 Å². The summed E-state index contributed by atoms with van der Waals surface area (Å²) in [6, 6.07) is 117. The number of rotatable bonds is 10. The maximum absolute atomic E-state index is 2.52. The first-order valence-electron chi connectivity index (χ1n) is 52.7. The molecule has 145 heavy (non-hydrogen) atoms. The molecule has 0 N–H and O–H groups in total. The average Bonchev–Trinajstić information content (AvgIpc) is 1.60. The zero-order valence-corrected chi connectivity index (χ0v) is 91.7. The van der Waals surface area contributed by atoms with E-state index < -0.39 is 0 Å². The van der Waals surface area contributed by atoms with E-state index in [1.807, 2.05) is 0 Å². The summed E-state index contributed by atoms with van der Waals surface area (Å²) in [6.07, 6.45) is 0. The van der Waals surface area contributed by atoms with E-state index in [4.69, 9.17) is 0 Å². The van der Waals surface area contributed by atoms with E-state index in [9.17, 15) is 0 Å². The second-order valence-corrected chi connectivity index (χ2v) is 52.6. The van der Waals surface area contributed by atoms with Gasteiger partial charge in [0, 0.05) is 66.6 Å². The molecule has 0 unspecified atom stereocenters. The van der Waals surface area contributed by atoms with Gasteiger partial charge < -0.3 is 9.80 Å². The smallest absolute Gasteiger partial charge is 0.0474 e. The molecule has 738 valence electrons. The van der Waals surface area contributed by atoms with E-state index >= 15 is 0 Å². The van der Waals surface area contributed by atoms with Crippen molar-refractivity contribution < 1.29 is 0 Å². The summed E-state index contributed by atoms with van der Waals surface area (Å²) in [5.41, 5.74) is 61.4. The number of anilines is 6. The van der Waals surface area contributed by atoms with Crippen LogP contribution in [-0.2, 0) is 65.0 Å². The molecule has 0 saturated carbocycles. The van der Waals surface area contributed by atoms with Crippen molar-refractivity contribution in [2.24, 2.45) is 0 Å². The van der Waals surface area contributed by atoms with Gasteiger partial charge in [-0.25, -0.2) is 0 Å². The lowest BCUT2D eigenvalue weighted by Gasteiger charge is -2.30. The molecule has 16 aromatic carbocycles. The molecular weight excluding hydrogens is 1750 g/mol. The van der Waals surface area contributed by atoms with Crippen LogP contribution in [0, 0.1) is 20.8 Å². The zero-order valence-electron chi connectivity index (χ0n) is 91.7. The first kappa shape index (κ1) is 101. The Kier molecular flexibility index (Phi) is 23.7. The van der Waals surface area contributed by atoms with Crippen LogP contribution < -0.4 is 9.80 Å². The van der Waals surface area contributed by atoms with Crippen LogP contribution in [0.15, 0.2) is 297 Å². The Morgan fingerprint density at radius 2 is 0.331 bits per heavy atom. The van der Waals surface area contributed by atoms with Gasteiger partial charge in [-0.3, -0.25) is 0 Å². The molecule has 6 aliphatic rings. The number of aryl methyl sites for hydroxylation is 2. The third-order valence-electron chi connectivity index (χ3n) is 34.4. The first-order chi connectivity index (χ1) is 66.9. The normalized spacial score (nSPS) is 15.4. The number of hydrogen-bond acceptors (Lipinski definition) is 2. The van der Waals surface area contributed by atoms with Crippen molar-refractivity contribution in [3.8, 4) is 111 Å². The number of hydrogen-bond donors (Lipinski definition) is 0. The number of benzene rings is 16. The van der Waals surface area contributed by atoms with Crippen LogP contribution in [0.3, 0.4) is 0 Å². The van der Waals surface area contributed by atoms with E-state index in [0.29, 0.717) is 0 Å². The molecule has 0 amide bonds. The maximum Gasteiger partial charge on any atom is 0.0474 e. The van der Waals surface area contributed by atoms with Crippen LogP contribution in [0.2, 0.25) is 0 Å². The first-order valence-corrected chi connectivity index (χ1v) is 52.7. The number of nitrogens with zero attached hydrogens (tertiary/aromatic N) is 2. The van der Waals surface area contributed by atoms with E-state index in [-0.39, 0.29) is 79.8 Å². The summed E-state index contributed by atoms with van der Waals surface area (Å²) in [5, 5.41) is 0. The summed E-state index contributed by atoms with van der Waals surface area (Å²) >= 11 is 0. The molecule has 2 nitrogen and oxygen atoms in total. The van der Waals surface area contributed by atoms with E-state index in [0.717, 1.165) is 34.1 Å². The molecule has 6 aliphatic carbocycles. The van der Waals surface area contributed by atoms with Gasteiger partial charge in [-0.05, 0) is 373 Å².